The molecule has 0 radical (unpaired) electrons. The fraction of sp³-hybridized carbons (Fsp3) is 0.0282. The SMILES string of the molecule is [2H]c1c([2H])c([2H])c([Si](c2ccccc2)(c2ccccc2)c2cccc3c2C2c4ccccc4C3c3cccc(-c4ccccc4-c4nc(-c5ccccc5)nc(-c5ccccc5-c5cccc6c5sc5ccccc56)n4)c32)c([2H])c1[2H]. The molecule has 3 nitrogen and oxygen atoms in total. The first-order chi connectivity index (χ1) is 39.8. The van der Waals surface area contributed by atoms with Crippen LogP contribution < -0.4 is 20.7 Å². The highest BCUT2D eigenvalue weighted by Crippen LogP contribution is 2.58. The normalized spacial score (nSPS) is 15.2. The number of thiophene rings is 1. The number of hydrogen-bond acceptors (Lipinski definition) is 4. The predicted octanol–water partition coefficient (Wildman–Crippen LogP) is 14.9. The Labute approximate surface area is 454 Å². The molecule has 356 valence electrons. The van der Waals surface area contributed by atoms with Gasteiger partial charge in [0.1, 0.15) is 0 Å². The van der Waals surface area contributed by atoms with E-state index in [0.29, 0.717) is 22.7 Å². The lowest BCUT2D eigenvalue weighted by atomic mass is 9.60. The fourth-order valence-electron chi connectivity index (χ4n) is 12.7. The zero-order chi connectivity index (χ0) is 54.5. The Morgan fingerprint density at radius 3 is 1.50 bits per heavy atom. The number of rotatable bonds is 9. The maximum atomic E-state index is 9.86. The summed E-state index contributed by atoms with van der Waals surface area (Å²) in [6, 6.07) is 83.2. The molecule has 3 aliphatic carbocycles. The molecule has 5 heteroatoms. The standard InChI is InChI=1S/C71H47N3SSi/c1-5-24-46(25-6-1)69-72-70(74-71(73-69)59-38-18-14-33-51(59)56-40-22-41-57-52-34-19-20-44-62(52)75-68(56)57)58-37-17-13-32-50(58)53-39-21-42-60-64-54-35-15-16-36-55(54)67(65(53)60)66-61(64)43-23-45-63(66)76(47-26-7-2-8-27-47,48-28-9-3-10-29-48)49-30-11-4-12-31-49/h1-45,64,67H/i2D,7D,8D,26D,27D. The van der Waals surface area contributed by atoms with Gasteiger partial charge in [0, 0.05) is 54.3 Å². The van der Waals surface area contributed by atoms with Crippen LogP contribution in [-0.2, 0) is 0 Å². The summed E-state index contributed by atoms with van der Waals surface area (Å²) in [5.41, 5.74) is 13.9. The van der Waals surface area contributed by atoms with Gasteiger partial charge in [-0.25, -0.2) is 15.0 Å². The summed E-state index contributed by atoms with van der Waals surface area (Å²) >= 11 is 1.81. The number of nitrogens with zero attached hydrogens (tertiary/aromatic N) is 3. The predicted molar refractivity (Wildman–Crippen MR) is 318 cm³/mol. The Morgan fingerprint density at radius 2 is 0.816 bits per heavy atom. The van der Waals surface area contributed by atoms with Gasteiger partial charge in [0.15, 0.2) is 25.5 Å². The number of benzene rings is 11. The summed E-state index contributed by atoms with van der Waals surface area (Å²) in [6.45, 7) is 0. The summed E-state index contributed by atoms with van der Waals surface area (Å²) in [5, 5.41) is 5.66. The van der Waals surface area contributed by atoms with Crippen molar-refractivity contribution >= 4 is 60.3 Å². The molecule has 2 bridgehead atoms. The number of fused-ring (bicyclic) bond motifs is 3. The van der Waals surface area contributed by atoms with E-state index in [1.165, 1.54) is 36.9 Å². The zero-order valence-corrected chi connectivity index (χ0v) is 42.8. The Morgan fingerprint density at radius 1 is 0.342 bits per heavy atom. The van der Waals surface area contributed by atoms with Gasteiger partial charge in [-0.3, -0.25) is 0 Å². The largest absolute Gasteiger partial charge is 0.208 e. The maximum Gasteiger partial charge on any atom is 0.179 e. The lowest BCUT2D eigenvalue weighted by molar-refractivity contribution is 0.760. The lowest BCUT2D eigenvalue weighted by Crippen LogP contribution is -2.75. The first-order valence-electron chi connectivity index (χ1n) is 28.3. The topological polar surface area (TPSA) is 38.7 Å². The molecular weight excluding hydrogens is 955 g/mol. The average Bonchev–Trinajstić information content (AvgIpc) is 3.48. The molecule has 0 N–H and O–H groups in total. The van der Waals surface area contributed by atoms with E-state index in [1.54, 1.807) is 11.3 Å². The molecule has 0 fully saturated rings. The summed E-state index contributed by atoms with van der Waals surface area (Å²) in [7, 11) is -3.85. The van der Waals surface area contributed by atoms with E-state index < -0.39 is 14.1 Å². The van der Waals surface area contributed by atoms with Gasteiger partial charge in [-0.15, -0.1) is 11.3 Å². The van der Waals surface area contributed by atoms with Gasteiger partial charge in [-0.05, 0) is 76.9 Å². The summed E-state index contributed by atoms with van der Waals surface area (Å²) in [4.78, 5) is 16.2. The Bertz CT molecular complexity index is 4620. The van der Waals surface area contributed by atoms with E-state index in [9.17, 15) is 5.48 Å². The second-order valence-corrected chi connectivity index (χ2v) is 24.4. The third-order valence-electron chi connectivity index (χ3n) is 15.8. The lowest BCUT2D eigenvalue weighted by Gasteiger charge is -2.47. The second kappa shape index (κ2) is 18.1. The molecule has 0 saturated heterocycles. The smallest absolute Gasteiger partial charge is 0.179 e. The Kier molecular flexibility index (Phi) is 9.35. The molecule has 16 rings (SSSR count). The monoisotopic (exact) mass is 1010 g/mol. The van der Waals surface area contributed by atoms with Gasteiger partial charge >= 0.3 is 0 Å². The van der Waals surface area contributed by atoms with Crippen molar-refractivity contribution in [2.45, 2.75) is 11.8 Å². The van der Waals surface area contributed by atoms with Crippen LogP contribution in [0.15, 0.2) is 273 Å². The van der Waals surface area contributed by atoms with Crippen molar-refractivity contribution in [2.24, 2.45) is 0 Å². The van der Waals surface area contributed by atoms with Crippen LogP contribution >= 0.6 is 11.3 Å². The van der Waals surface area contributed by atoms with Crippen LogP contribution in [0.3, 0.4) is 0 Å². The molecule has 3 aliphatic rings. The van der Waals surface area contributed by atoms with Crippen LogP contribution in [0.1, 0.15) is 52.1 Å². The van der Waals surface area contributed by atoms with Crippen LogP contribution in [0.5, 0.6) is 0 Å². The third-order valence-corrected chi connectivity index (χ3v) is 21.6. The molecule has 0 saturated carbocycles. The third kappa shape index (κ3) is 6.83. The zero-order valence-electron chi connectivity index (χ0n) is 46.0. The Balaban J connectivity index is 0.979. The van der Waals surface area contributed by atoms with E-state index >= 15 is 0 Å². The van der Waals surface area contributed by atoms with Crippen molar-refractivity contribution < 1.29 is 6.85 Å². The molecule has 2 heterocycles. The molecule has 11 aromatic carbocycles. The van der Waals surface area contributed by atoms with E-state index in [1.807, 2.05) is 66.7 Å². The average molecular weight is 1010 g/mol. The minimum absolute atomic E-state index is 0.170. The van der Waals surface area contributed by atoms with Crippen molar-refractivity contribution in [3.8, 4) is 56.4 Å². The van der Waals surface area contributed by atoms with Crippen molar-refractivity contribution in [1.29, 1.82) is 0 Å². The minimum atomic E-state index is -3.85. The van der Waals surface area contributed by atoms with Crippen molar-refractivity contribution in [3.05, 3.63) is 306 Å². The molecule has 2 atom stereocenters. The van der Waals surface area contributed by atoms with E-state index in [-0.39, 0.29) is 36.0 Å². The summed E-state index contributed by atoms with van der Waals surface area (Å²) in [6.07, 6.45) is 0. The molecule has 13 aromatic rings. The van der Waals surface area contributed by atoms with Gasteiger partial charge in [-0.1, -0.05) is 267 Å². The van der Waals surface area contributed by atoms with E-state index in [2.05, 4.69) is 176 Å². The summed E-state index contributed by atoms with van der Waals surface area (Å²) < 4.78 is 49.4. The van der Waals surface area contributed by atoms with E-state index in [4.69, 9.17) is 16.3 Å². The fourth-order valence-corrected chi connectivity index (χ4v) is 18.7. The van der Waals surface area contributed by atoms with Crippen LogP contribution in [0.25, 0.3) is 76.6 Å². The van der Waals surface area contributed by atoms with Gasteiger partial charge in [0.25, 0.3) is 0 Å². The van der Waals surface area contributed by atoms with Gasteiger partial charge in [0.2, 0.25) is 0 Å². The van der Waals surface area contributed by atoms with Gasteiger partial charge < -0.3 is 0 Å². The highest BCUT2D eigenvalue weighted by atomic mass is 32.1. The van der Waals surface area contributed by atoms with Gasteiger partial charge in [0.05, 0.1) is 6.85 Å². The van der Waals surface area contributed by atoms with Crippen molar-refractivity contribution in [3.63, 3.8) is 0 Å². The number of hydrogen-bond donors (Lipinski definition) is 0. The molecule has 2 unspecified atom stereocenters. The van der Waals surface area contributed by atoms with Crippen LogP contribution in [0.4, 0.5) is 0 Å². The van der Waals surface area contributed by atoms with Crippen LogP contribution in [0, 0.1) is 0 Å². The summed E-state index contributed by atoms with van der Waals surface area (Å²) in [5.74, 6) is 1.19. The molecule has 0 amide bonds. The number of aromatic nitrogens is 3. The molecular formula is C71H47N3SSi. The van der Waals surface area contributed by atoms with Crippen LogP contribution in [0.2, 0.25) is 0 Å². The molecule has 76 heavy (non-hydrogen) atoms. The van der Waals surface area contributed by atoms with E-state index in [0.717, 1.165) is 71.2 Å². The van der Waals surface area contributed by atoms with Crippen molar-refractivity contribution in [2.75, 3.05) is 0 Å². The molecule has 0 spiro atoms. The van der Waals surface area contributed by atoms with Gasteiger partial charge in [-0.2, -0.15) is 0 Å². The highest BCUT2D eigenvalue weighted by molar-refractivity contribution is 7.26. The highest BCUT2D eigenvalue weighted by Gasteiger charge is 2.49. The quantitative estimate of drug-likeness (QED) is 0.107. The van der Waals surface area contributed by atoms with Crippen LogP contribution in [-0.4, -0.2) is 23.0 Å². The second-order valence-electron chi connectivity index (χ2n) is 19.6. The molecule has 2 aromatic heterocycles. The minimum Gasteiger partial charge on any atom is -0.208 e. The first kappa shape index (κ1) is 39.3. The van der Waals surface area contributed by atoms with Crippen molar-refractivity contribution in [1.82, 2.24) is 15.0 Å². The first-order valence-corrected chi connectivity index (χ1v) is 28.6. The maximum absolute atomic E-state index is 9.86. The molecule has 0 aliphatic heterocycles. The Hall–Kier alpha value is -9.13.